The first-order chi connectivity index (χ1) is 10.8. The number of ether oxygens (including phenoxy) is 1. The van der Waals surface area contributed by atoms with Crippen LogP contribution in [0.1, 0.15) is 32.1 Å². The van der Waals surface area contributed by atoms with Gasteiger partial charge in [0.1, 0.15) is 18.5 Å². The predicted molar refractivity (Wildman–Crippen MR) is 88.1 cm³/mol. The van der Waals surface area contributed by atoms with Crippen molar-refractivity contribution in [1.29, 1.82) is 0 Å². The molecule has 2 N–H and O–H groups in total. The molecule has 0 unspecified atom stereocenters. The molecule has 1 aliphatic rings. The highest BCUT2D eigenvalue weighted by atomic mass is 16.5. The number of hydrogen-bond acceptors (Lipinski definition) is 4. The van der Waals surface area contributed by atoms with Gasteiger partial charge in [0.15, 0.2) is 0 Å². The number of rotatable bonds is 6. The molecular formula is C18H24N2O2. The Morgan fingerprint density at radius 3 is 2.91 bits per heavy atom. The highest BCUT2D eigenvalue weighted by Crippen LogP contribution is 2.23. The van der Waals surface area contributed by atoms with Gasteiger partial charge < -0.3 is 15.2 Å². The van der Waals surface area contributed by atoms with E-state index >= 15 is 0 Å². The normalized spacial score (nSPS) is 17.5. The molecule has 0 aliphatic heterocycles. The van der Waals surface area contributed by atoms with Crippen LogP contribution in [0.3, 0.4) is 0 Å². The molecule has 1 aromatic heterocycles. The molecule has 0 bridgehead atoms. The Bertz CT molecular complexity index is 591. The van der Waals surface area contributed by atoms with E-state index in [1.54, 1.807) is 6.20 Å². The van der Waals surface area contributed by atoms with Gasteiger partial charge in [0.2, 0.25) is 0 Å². The van der Waals surface area contributed by atoms with Crippen molar-refractivity contribution in [1.82, 2.24) is 10.3 Å². The number of benzene rings is 1. The van der Waals surface area contributed by atoms with Gasteiger partial charge >= 0.3 is 0 Å². The van der Waals surface area contributed by atoms with Crippen LogP contribution in [-0.2, 0) is 0 Å². The molecule has 118 valence electrons. The fourth-order valence-corrected chi connectivity index (χ4v) is 3.06. The summed E-state index contributed by atoms with van der Waals surface area (Å²) in [6, 6.07) is 10.3. The van der Waals surface area contributed by atoms with Gasteiger partial charge in [-0.1, -0.05) is 25.3 Å². The summed E-state index contributed by atoms with van der Waals surface area (Å²) in [7, 11) is 0. The van der Waals surface area contributed by atoms with Crippen LogP contribution in [0, 0.1) is 0 Å². The molecule has 1 aliphatic carbocycles. The number of aliphatic hydroxyl groups excluding tert-OH is 1. The molecule has 4 heteroatoms. The topological polar surface area (TPSA) is 54.4 Å². The van der Waals surface area contributed by atoms with Gasteiger partial charge in [-0.25, -0.2) is 0 Å². The number of nitrogens with zero attached hydrogens (tertiary/aromatic N) is 1. The lowest BCUT2D eigenvalue weighted by Crippen LogP contribution is -2.38. The molecule has 1 saturated carbocycles. The lowest BCUT2D eigenvalue weighted by atomic mass is 9.95. The first kappa shape index (κ1) is 15.3. The van der Waals surface area contributed by atoms with Gasteiger partial charge in [-0.05, 0) is 37.1 Å². The maximum atomic E-state index is 10.1. The highest BCUT2D eigenvalue weighted by molar-refractivity contribution is 5.84. The number of nitrogens with one attached hydrogen (secondary N) is 1. The molecule has 2 aromatic rings. The lowest BCUT2D eigenvalue weighted by Gasteiger charge is -2.24. The van der Waals surface area contributed by atoms with Crippen molar-refractivity contribution >= 4 is 10.9 Å². The van der Waals surface area contributed by atoms with Gasteiger partial charge in [-0.3, -0.25) is 4.98 Å². The van der Waals surface area contributed by atoms with E-state index in [0.29, 0.717) is 19.2 Å². The third kappa shape index (κ3) is 3.96. The summed E-state index contributed by atoms with van der Waals surface area (Å²) in [6.07, 6.45) is 7.67. The minimum absolute atomic E-state index is 0.299. The number of hydrogen-bond donors (Lipinski definition) is 2. The van der Waals surface area contributed by atoms with Crippen LogP contribution in [0.15, 0.2) is 36.5 Å². The summed E-state index contributed by atoms with van der Waals surface area (Å²) >= 11 is 0. The van der Waals surface area contributed by atoms with E-state index in [4.69, 9.17) is 4.74 Å². The lowest BCUT2D eigenvalue weighted by molar-refractivity contribution is 0.102. The molecule has 0 amide bonds. The Morgan fingerprint density at radius 1 is 1.18 bits per heavy atom. The van der Waals surface area contributed by atoms with E-state index in [-0.39, 0.29) is 0 Å². The summed E-state index contributed by atoms with van der Waals surface area (Å²) in [5.74, 6) is 0.780. The minimum Gasteiger partial charge on any atom is -0.490 e. The molecule has 4 nitrogen and oxygen atoms in total. The van der Waals surface area contributed by atoms with Crippen molar-refractivity contribution < 1.29 is 9.84 Å². The summed E-state index contributed by atoms with van der Waals surface area (Å²) in [6.45, 7) is 0.890. The second-order valence-corrected chi connectivity index (χ2v) is 6.03. The summed E-state index contributed by atoms with van der Waals surface area (Å²) in [5.41, 5.74) is 0.912. The van der Waals surface area contributed by atoms with Crippen LogP contribution < -0.4 is 10.1 Å². The van der Waals surface area contributed by atoms with Crippen LogP contribution in [0.4, 0.5) is 0 Å². The molecular weight excluding hydrogens is 276 g/mol. The van der Waals surface area contributed by atoms with Crippen molar-refractivity contribution in [3.8, 4) is 5.75 Å². The minimum atomic E-state index is -0.492. The Labute approximate surface area is 131 Å². The van der Waals surface area contributed by atoms with Gasteiger partial charge in [-0.15, -0.1) is 0 Å². The Hall–Kier alpha value is -1.65. The van der Waals surface area contributed by atoms with Gasteiger partial charge in [0, 0.05) is 24.2 Å². The van der Waals surface area contributed by atoms with E-state index in [1.165, 1.54) is 32.1 Å². The Balaban J connectivity index is 1.50. The number of aromatic nitrogens is 1. The van der Waals surface area contributed by atoms with Crippen LogP contribution in [-0.4, -0.2) is 35.4 Å². The smallest absolute Gasteiger partial charge is 0.128 e. The average molecular weight is 300 g/mol. The van der Waals surface area contributed by atoms with Gasteiger partial charge in [0.05, 0.1) is 5.52 Å². The van der Waals surface area contributed by atoms with Crippen LogP contribution in [0.2, 0.25) is 0 Å². The Kier molecular flexibility index (Phi) is 5.24. The number of pyridine rings is 1. The van der Waals surface area contributed by atoms with Gasteiger partial charge in [0.25, 0.3) is 0 Å². The molecule has 1 fully saturated rings. The van der Waals surface area contributed by atoms with E-state index < -0.39 is 6.10 Å². The maximum Gasteiger partial charge on any atom is 0.128 e. The zero-order valence-corrected chi connectivity index (χ0v) is 12.9. The van der Waals surface area contributed by atoms with Crippen molar-refractivity contribution in [2.45, 2.75) is 44.2 Å². The zero-order valence-electron chi connectivity index (χ0n) is 12.9. The third-order valence-corrected chi connectivity index (χ3v) is 4.28. The molecule has 1 heterocycles. The fraction of sp³-hybridized carbons (Fsp3) is 0.500. The number of fused-ring (bicyclic) bond motifs is 1. The van der Waals surface area contributed by atoms with E-state index in [9.17, 15) is 5.11 Å². The highest BCUT2D eigenvalue weighted by Gasteiger charge is 2.14. The molecule has 0 radical (unpaired) electrons. The maximum absolute atomic E-state index is 10.1. The molecule has 3 rings (SSSR count). The largest absolute Gasteiger partial charge is 0.490 e. The van der Waals surface area contributed by atoms with Crippen LogP contribution >= 0.6 is 0 Å². The SMILES string of the molecule is O[C@H](CNC1CCCCC1)COc1cccc2ncccc12. The summed E-state index contributed by atoms with van der Waals surface area (Å²) in [4.78, 5) is 4.31. The summed E-state index contributed by atoms with van der Waals surface area (Å²) < 4.78 is 5.79. The van der Waals surface area contributed by atoms with Crippen LogP contribution in [0.25, 0.3) is 10.9 Å². The van der Waals surface area contributed by atoms with Crippen molar-refractivity contribution in [3.05, 3.63) is 36.5 Å². The van der Waals surface area contributed by atoms with Crippen molar-refractivity contribution in [2.75, 3.05) is 13.2 Å². The third-order valence-electron chi connectivity index (χ3n) is 4.28. The quantitative estimate of drug-likeness (QED) is 0.861. The van der Waals surface area contributed by atoms with E-state index in [1.807, 2.05) is 30.3 Å². The molecule has 1 aromatic carbocycles. The molecule has 22 heavy (non-hydrogen) atoms. The summed E-state index contributed by atoms with van der Waals surface area (Å²) in [5, 5.41) is 14.5. The standard InChI is InChI=1S/C18H24N2O2/c21-15(12-20-14-6-2-1-3-7-14)13-22-18-10-4-9-17-16(18)8-5-11-19-17/h4-5,8-11,14-15,20-21H,1-3,6-7,12-13H2/t15-/m1/s1. The van der Waals surface area contributed by atoms with E-state index in [0.717, 1.165) is 16.7 Å². The van der Waals surface area contributed by atoms with Crippen LogP contribution in [0.5, 0.6) is 5.75 Å². The molecule has 1 atom stereocenters. The first-order valence-corrected chi connectivity index (χ1v) is 8.21. The van der Waals surface area contributed by atoms with Crippen molar-refractivity contribution in [2.24, 2.45) is 0 Å². The molecule has 0 spiro atoms. The second-order valence-electron chi connectivity index (χ2n) is 6.03. The van der Waals surface area contributed by atoms with Gasteiger partial charge in [-0.2, -0.15) is 0 Å². The second kappa shape index (κ2) is 7.56. The molecule has 0 saturated heterocycles. The van der Waals surface area contributed by atoms with E-state index in [2.05, 4.69) is 10.3 Å². The monoisotopic (exact) mass is 300 g/mol. The fourth-order valence-electron chi connectivity index (χ4n) is 3.06. The average Bonchev–Trinajstić information content (AvgIpc) is 2.59. The first-order valence-electron chi connectivity index (χ1n) is 8.21. The zero-order chi connectivity index (χ0) is 15.2. The number of aliphatic hydroxyl groups is 1. The predicted octanol–water partition coefficient (Wildman–Crippen LogP) is 2.90. The Morgan fingerprint density at radius 2 is 2.05 bits per heavy atom. The van der Waals surface area contributed by atoms with Crippen molar-refractivity contribution in [3.63, 3.8) is 0 Å².